The molecule has 0 spiro atoms. The Morgan fingerprint density at radius 1 is 1.57 bits per heavy atom. The smallest absolute Gasteiger partial charge is 0.149 e. The van der Waals surface area contributed by atoms with E-state index in [2.05, 4.69) is 10.3 Å². The molecule has 1 heterocycles. The van der Waals surface area contributed by atoms with Crippen molar-refractivity contribution in [1.82, 2.24) is 4.98 Å². The fourth-order valence-electron chi connectivity index (χ4n) is 1.04. The Labute approximate surface area is 84.2 Å². The molecule has 0 saturated heterocycles. The molecule has 0 atom stereocenters. The second kappa shape index (κ2) is 3.84. The van der Waals surface area contributed by atoms with Gasteiger partial charge in [0.1, 0.15) is 5.82 Å². The van der Waals surface area contributed by atoms with E-state index in [9.17, 15) is 5.11 Å². The molecular weight excluding hydrogens is 178 g/mol. The van der Waals surface area contributed by atoms with E-state index in [-0.39, 0.29) is 0 Å². The van der Waals surface area contributed by atoms with Crippen molar-refractivity contribution in [1.29, 1.82) is 0 Å². The Bertz CT molecular complexity index is 318. The summed E-state index contributed by atoms with van der Waals surface area (Å²) in [5, 5.41) is 12.5. The number of aromatic nitrogens is 1. The van der Waals surface area contributed by atoms with Gasteiger partial charge in [-0.25, -0.2) is 4.98 Å². The zero-order valence-corrected chi connectivity index (χ0v) is 8.83. The zero-order valence-electron chi connectivity index (χ0n) is 8.83. The third-order valence-corrected chi connectivity index (χ3v) is 1.74. The number of nitrogen functional groups attached to an aromatic ring is 1. The van der Waals surface area contributed by atoms with Crippen molar-refractivity contribution >= 4 is 11.5 Å². The summed E-state index contributed by atoms with van der Waals surface area (Å²) in [7, 11) is 0. The maximum Gasteiger partial charge on any atom is 0.149 e. The molecular formula is C10H17N3O. The Morgan fingerprint density at radius 2 is 2.21 bits per heavy atom. The van der Waals surface area contributed by atoms with Crippen molar-refractivity contribution in [3.63, 3.8) is 0 Å². The lowest BCUT2D eigenvalue weighted by molar-refractivity contribution is 0.0944. The van der Waals surface area contributed by atoms with Gasteiger partial charge in [-0.15, -0.1) is 0 Å². The standard InChI is InChI=1S/C10H17N3O/c1-7-4-8(11)9(12-5-7)13-6-10(2,3)14/h4-5,14H,6,11H2,1-3H3,(H,12,13). The van der Waals surface area contributed by atoms with Gasteiger partial charge in [0, 0.05) is 12.7 Å². The lowest BCUT2D eigenvalue weighted by Gasteiger charge is -2.18. The summed E-state index contributed by atoms with van der Waals surface area (Å²) in [6.45, 7) is 5.81. The topological polar surface area (TPSA) is 71.2 Å². The van der Waals surface area contributed by atoms with Crippen LogP contribution in [0.2, 0.25) is 0 Å². The van der Waals surface area contributed by atoms with Crippen LogP contribution in [-0.4, -0.2) is 22.2 Å². The summed E-state index contributed by atoms with van der Waals surface area (Å²) in [5.41, 5.74) is 6.61. The highest BCUT2D eigenvalue weighted by atomic mass is 16.3. The summed E-state index contributed by atoms with van der Waals surface area (Å²) < 4.78 is 0. The number of aliphatic hydroxyl groups is 1. The summed E-state index contributed by atoms with van der Waals surface area (Å²) in [6.07, 6.45) is 1.74. The van der Waals surface area contributed by atoms with Crippen LogP contribution in [0.4, 0.5) is 11.5 Å². The number of nitrogens with two attached hydrogens (primary N) is 1. The van der Waals surface area contributed by atoms with Crippen LogP contribution >= 0.6 is 0 Å². The number of hydrogen-bond acceptors (Lipinski definition) is 4. The number of aryl methyl sites for hydroxylation is 1. The molecule has 0 bridgehead atoms. The van der Waals surface area contributed by atoms with Crippen molar-refractivity contribution in [2.24, 2.45) is 0 Å². The second-order valence-corrected chi connectivity index (χ2v) is 4.12. The molecule has 14 heavy (non-hydrogen) atoms. The van der Waals surface area contributed by atoms with Crippen LogP contribution in [0.15, 0.2) is 12.3 Å². The number of hydrogen-bond donors (Lipinski definition) is 3. The van der Waals surface area contributed by atoms with Crippen LogP contribution in [0.5, 0.6) is 0 Å². The lowest BCUT2D eigenvalue weighted by atomic mass is 10.1. The van der Waals surface area contributed by atoms with Crippen molar-refractivity contribution in [3.8, 4) is 0 Å². The maximum atomic E-state index is 9.49. The normalized spacial score (nSPS) is 11.4. The number of rotatable bonds is 3. The van der Waals surface area contributed by atoms with E-state index in [0.29, 0.717) is 18.1 Å². The quantitative estimate of drug-likeness (QED) is 0.676. The van der Waals surface area contributed by atoms with E-state index in [1.807, 2.05) is 13.0 Å². The minimum atomic E-state index is -0.765. The van der Waals surface area contributed by atoms with Crippen LogP contribution in [0, 0.1) is 6.92 Å². The fourth-order valence-corrected chi connectivity index (χ4v) is 1.04. The zero-order chi connectivity index (χ0) is 10.8. The first-order valence-corrected chi connectivity index (χ1v) is 4.57. The first-order valence-electron chi connectivity index (χ1n) is 4.57. The van der Waals surface area contributed by atoms with Crippen LogP contribution in [-0.2, 0) is 0 Å². The molecule has 1 rings (SSSR count). The average molecular weight is 195 g/mol. The van der Waals surface area contributed by atoms with Crippen LogP contribution in [0.1, 0.15) is 19.4 Å². The van der Waals surface area contributed by atoms with Gasteiger partial charge in [0.25, 0.3) is 0 Å². The van der Waals surface area contributed by atoms with Crippen molar-refractivity contribution in [2.75, 3.05) is 17.6 Å². The predicted molar refractivity (Wildman–Crippen MR) is 58.2 cm³/mol. The molecule has 4 heteroatoms. The van der Waals surface area contributed by atoms with Crippen molar-refractivity contribution in [3.05, 3.63) is 17.8 Å². The molecule has 1 aromatic heterocycles. The van der Waals surface area contributed by atoms with Gasteiger partial charge in [0.15, 0.2) is 0 Å². The van der Waals surface area contributed by atoms with Gasteiger partial charge >= 0.3 is 0 Å². The summed E-state index contributed by atoms with van der Waals surface area (Å²) in [6, 6.07) is 1.85. The van der Waals surface area contributed by atoms with Crippen LogP contribution < -0.4 is 11.1 Å². The Hall–Kier alpha value is -1.29. The van der Waals surface area contributed by atoms with Crippen LogP contribution in [0.25, 0.3) is 0 Å². The van der Waals surface area contributed by atoms with E-state index in [0.717, 1.165) is 5.56 Å². The maximum absolute atomic E-state index is 9.49. The Kier molecular flexibility index (Phi) is 2.96. The highest BCUT2D eigenvalue weighted by molar-refractivity contribution is 5.61. The summed E-state index contributed by atoms with van der Waals surface area (Å²) >= 11 is 0. The van der Waals surface area contributed by atoms with E-state index < -0.39 is 5.60 Å². The highest BCUT2D eigenvalue weighted by Crippen LogP contribution is 2.16. The third-order valence-electron chi connectivity index (χ3n) is 1.74. The van der Waals surface area contributed by atoms with E-state index in [4.69, 9.17) is 5.73 Å². The van der Waals surface area contributed by atoms with E-state index in [1.165, 1.54) is 0 Å². The lowest BCUT2D eigenvalue weighted by Crippen LogP contribution is -2.29. The van der Waals surface area contributed by atoms with E-state index in [1.54, 1.807) is 20.0 Å². The van der Waals surface area contributed by atoms with Gasteiger partial charge in [-0.3, -0.25) is 0 Å². The van der Waals surface area contributed by atoms with Gasteiger partial charge in [0.05, 0.1) is 11.3 Å². The fraction of sp³-hybridized carbons (Fsp3) is 0.500. The molecule has 0 aliphatic rings. The average Bonchev–Trinajstić information content (AvgIpc) is 2.00. The number of nitrogens with zero attached hydrogens (tertiary/aromatic N) is 1. The molecule has 0 radical (unpaired) electrons. The first-order chi connectivity index (χ1) is 6.38. The number of anilines is 2. The SMILES string of the molecule is Cc1cnc(NCC(C)(C)O)c(N)c1. The Morgan fingerprint density at radius 3 is 2.71 bits per heavy atom. The van der Waals surface area contributed by atoms with E-state index >= 15 is 0 Å². The van der Waals surface area contributed by atoms with Gasteiger partial charge in [-0.2, -0.15) is 0 Å². The molecule has 0 unspecified atom stereocenters. The molecule has 78 valence electrons. The summed E-state index contributed by atoms with van der Waals surface area (Å²) in [5.74, 6) is 0.623. The van der Waals surface area contributed by atoms with Crippen LogP contribution in [0.3, 0.4) is 0 Å². The van der Waals surface area contributed by atoms with Gasteiger partial charge < -0.3 is 16.2 Å². The second-order valence-electron chi connectivity index (χ2n) is 4.12. The van der Waals surface area contributed by atoms with Gasteiger partial charge in [-0.1, -0.05) is 0 Å². The number of nitrogens with one attached hydrogen (secondary N) is 1. The molecule has 4 N–H and O–H groups in total. The molecule has 0 aliphatic carbocycles. The minimum absolute atomic E-state index is 0.424. The van der Waals surface area contributed by atoms with Gasteiger partial charge in [-0.05, 0) is 32.4 Å². The largest absolute Gasteiger partial charge is 0.396 e. The molecule has 1 aromatic rings. The molecule has 0 aromatic carbocycles. The molecule has 0 saturated carbocycles. The molecule has 0 fully saturated rings. The minimum Gasteiger partial charge on any atom is -0.396 e. The van der Waals surface area contributed by atoms with Crippen molar-refractivity contribution < 1.29 is 5.11 Å². The predicted octanol–water partition coefficient (Wildman–Crippen LogP) is 1.16. The monoisotopic (exact) mass is 195 g/mol. The highest BCUT2D eigenvalue weighted by Gasteiger charge is 2.12. The molecule has 0 aliphatic heterocycles. The Balaban J connectivity index is 2.68. The summed E-state index contributed by atoms with van der Waals surface area (Å²) in [4.78, 5) is 4.13. The number of pyridine rings is 1. The van der Waals surface area contributed by atoms with Gasteiger partial charge in [0.2, 0.25) is 0 Å². The molecule has 4 nitrogen and oxygen atoms in total. The first kappa shape index (κ1) is 10.8. The third kappa shape index (κ3) is 3.22. The van der Waals surface area contributed by atoms with Crippen molar-refractivity contribution in [2.45, 2.75) is 26.4 Å². The molecule has 0 amide bonds.